The van der Waals surface area contributed by atoms with Crippen LogP contribution in [0, 0.1) is 5.41 Å². The highest BCUT2D eigenvalue weighted by atomic mass is 35.5. The molecule has 7 heteroatoms. The molecule has 4 rings (SSSR count). The van der Waals surface area contributed by atoms with E-state index in [4.69, 9.17) is 21.7 Å². The standard InChI is InChI=1S/C27H29ClN4O2/c1-34-23-13-11-20(24(17-23)27(33)31-25-14-12-22(28)18-30-25)8-5-19-6-9-21(10-7-19)26(29)32-15-3-2-4-16-32/h6-7,9-14,17-18,29H,2-5,8,15-16H2,1H3,(H,30,31,33). The zero-order valence-corrected chi connectivity index (χ0v) is 20.1. The van der Waals surface area contributed by atoms with Crippen molar-refractivity contribution in [3.05, 3.63) is 88.1 Å². The number of amides is 1. The second-order valence-electron chi connectivity index (χ2n) is 8.43. The Morgan fingerprint density at radius 1 is 1.06 bits per heavy atom. The van der Waals surface area contributed by atoms with Crippen LogP contribution in [0.5, 0.6) is 5.75 Å². The van der Waals surface area contributed by atoms with Crippen molar-refractivity contribution in [2.75, 3.05) is 25.5 Å². The molecule has 3 aromatic rings. The maximum absolute atomic E-state index is 13.0. The third kappa shape index (κ3) is 5.94. The topological polar surface area (TPSA) is 78.3 Å². The lowest BCUT2D eigenvalue weighted by Crippen LogP contribution is -2.35. The van der Waals surface area contributed by atoms with Gasteiger partial charge < -0.3 is 15.0 Å². The summed E-state index contributed by atoms with van der Waals surface area (Å²) < 4.78 is 5.34. The maximum Gasteiger partial charge on any atom is 0.257 e. The molecule has 0 atom stereocenters. The van der Waals surface area contributed by atoms with E-state index < -0.39 is 0 Å². The summed E-state index contributed by atoms with van der Waals surface area (Å²) >= 11 is 5.89. The molecule has 0 bridgehead atoms. The lowest BCUT2D eigenvalue weighted by Gasteiger charge is -2.29. The van der Waals surface area contributed by atoms with Gasteiger partial charge in [0, 0.05) is 30.4 Å². The van der Waals surface area contributed by atoms with Crippen molar-refractivity contribution in [3.63, 3.8) is 0 Å². The Kier molecular flexibility index (Phi) is 7.80. The number of hydrogen-bond acceptors (Lipinski definition) is 4. The highest BCUT2D eigenvalue weighted by Gasteiger charge is 2.16. The summed E-state index contributed by atoms with van der Waals surface area (Å²) in [5.74, 6) is 1.43. The van der Waals surface area contributed by atoms with Gasteiger partial charge >= 0.3 is 0 Å². The largest absolute Gasteiger partial charge is 0.497 e. The molecule has 176 valence electrons. The summed E-state index contributed by atoms with van der Waals surface area (Å²) in [6.45, 7) is 1.93. The number of pyridine rings is 1. The molecule has 0 saturated carbocycles. The van der Waals surface area contributed by atoms with Gasteiger partial charge in [-0.25, -0.2) is 4.98 Å². The van der Waals surface area contributed by atoms with Crippen LogP contribution in [0.1, 0.15) is 46.3 Å². The fraction of sp³-hybridized carbons (Fsp3) is 0.296. The monoisotopic (exact) mass is 476 g/mol. The first-order valence-corrected chi connectivity index (χ1v) is 11.9. The second-order valence-corrected chi connectivity index (χ2v) is 8.87. The molecule has 1 amide bonds. The summed E-state index contributed by atoms with van der Waals surface area (Å²) in [5.41, 5.74) is 3.60. The van der Waals surface area contributed by atoms with Crippen molar-refractivity contribution < 1.29 is 9.53 Å². The van der Waals surface area contributed by atoms with E-state index >= 15 is 0 Å². The summed E-state index contributed by atoms with van der Waals surface area (Å²) in [4.78, 5) is 19.3. The van der Waals surface area contributed by atoms with Crippen molar-refractivity contribution in [2.24, 2.45) is 0 Å². The third-order valence-corrected chi connectivity index (χ3v) is 6.34. The molecule has 2 heterocycles. The molecule has 0 radical (unpaired) electrons. The molecule has 1 saturated heterocycles. The summed E-state index contributed by atoms with van der Waals surface area (Å²) in [7, 11) is 1.58. The highest BCUT2D eigenvalue weighted by Crippen LogP contribution is 2.22. The number of hydrogen-bond donors (Lipinski definition) is 2. The van der Waals surface area contributed by atoms with Crippen molar-refractivity contribution in [1.29, 1.82) is 5.41 Å². The number of aryl methyl sites for hydroxylation is 2. The Bertz CT molecular complexity index is 1140. The lowest BCUT2D eigenvalue weighted by atomic mass is 9.98. The van der Waals surface area contributed by atoms with Gasteiger partial charge in [0.1, 0.15) is 17.4 Å². The molecule has 0 spiro atoms. The number of nitrogens with one attached hydrogen (secondary N) is 2. The van der Waals surface area contributed by atoms with Gasteiger partial charge in [-0.1, -0.05) is 41.9 Å². The molecular formula is C27H29ClN4O2. The van der Waals surface area contributed by atoms with Crippen molar-refractivity contribution >= 4 is 29.2 Å². The van der Waals surface area contributed by atoms with Crippen LogP contribution in [0.2, 0.25) is 5.02 Å². The number of aromatic nitrogens is 1. The average Bonchev–Trinajstić information content (AvgIpc) is 2.89. The molecular weight excluding hydrogens is 448 g/mol. The third-order valence-electron chi connectivity index (χ3n) is 6.11. The zero-order valence-electron chi connectivity index (χ0n) is 19.3. The summed E-state index contributed by atoms with van der Waals surface area (Å²) in [6, 6.07) is 17.1. The predicted octanol–water partition coefficient (Wildman–Crippen LogP) is 5.59. The first kappa shape index (κ1) is 23.8. The predicted molar refractivity (Wildman–Crippen MR) is 136 cm³/mol. The Labute approximate surface area is 205 Å². The van der Waals surface area contributed by atoms with E-state index in [1.165, 1.54) is 12.6 Å². The van der Waals surface area contributed by atoms with Crippen LogP contribution in [0.3, 0.4) is 0 Å². The Balaban J connectivity index is 1.44. The van der Waals surface area contributed by atoms with E-state index in [-0.39, 0.29) is 5.91 Å². The number of amidine groups is 1. The van der Waals surface area contributed by atoms with Crippen LogP contribution in [-0.2, 0) is 12.8 Å². The number of carbonyl (C=O) groups excluding carboxylic acids is 1. The average molecular weight is 477 g/mol. The van der Waals surface area contributed by atoms with E-state index in [0.717, 1.165) is 49.0 Å². The minimum atomic E-state index is -0.242. The van der Waals surface area contributed by atoms with Crippen LogP contribution >= 0.6 is 11.6 Å². The maximum atomic E-state index is 13.0. The molecule has 1 aliphatic heterocycles. The smallest absolute Gasteiger partial charge is 0.257 e. The quantitative estimate of drug-likeness (QED) is 0.344. The van der Waals surface area contributed by atoms with Gasteiger partial charge in [-0.15, -0.1) is 0 Å². The molecule has 1 fully saturated rings. The Morgan fingerprint density at radius 2 is 1.82 bits per heavy atom. The number of rotatable bonds is 7. The van der Waals surface area contributed by atoms with E-state index in [1.54, 1.807) is 25.3 Å². The van der Waals surface area contributed by atoms with Crippen LogP contribution in [-0.4, -0.2) is 41.8 Å². The number of halogens is 1. The number of carbonyl (C=O) groups is 1. The van der Waals surface area contributed by atoms with Crippen molar-refractivity contribution in [2.45, 2.75) is 32.1 Å². The van der Waals surface area contributed by atoms with Crippen LogP contribution in [0.4, 0.5) is 5.82 Å². The summed E-state index contributed by atoms with van der Waals surface area (Å²) in [6.07, 6.45) is 6.55. The lowest BCUT2D eigenvalue weighted by molar-refractivity contribution is 0.102. The molecule has 2 aromatic carbocycles. The highest BCUT2D eigenvalue weighted by molar-refractivity contribution is 6.30. The number of benzene rings is 2. The molecule has 0 unspecified atom stereocenters. The molecule has 0 aliphatic carbocycles. The first-order chi connectivity index (χ1) is 16.5. The number of methoxy groups -OCH3 is 1. The summed E-state index contributed by atoms with van der Waals surface area (Å²) in [5, 5.41) is 11.9. The van der Waals surface area contributed by atoms with E-state index in [1.807, 2.05) is 24.3 Å². The number of piperidine rings is 1. The molecule has 1 aliphatic rings. The Hall–Kier alpha value is -3.38. The van der Waals surface area contributed by atoms with E-state index in [9.17, 15) is 4.79 Å². The minimum Gasteiger partial charge on any atom is -0.497 e. The number of anilines is 1. The number of ether oxygens (including phenoxy) is 1. The van der Waals surface area contributed by atoms with E-state index in [0.29, 0.717) is 34.4 Å². The van der Waals surface area contributed by atoms with Gasteiger partial charge in [0.25, 0.3) is 5.91 Å². The first-order valence-electron chi connectivity index (χ1n) is 11.6. The zero-order chi connectivity index (χ0) is 23.9. The van der Waals surface area contributed by atoms with Crippen LogP contribution < -0.4 is 10.1 Å². The van der Waals surface area contributed by atoms with Gasteiger partial charge in [0.2, 0.25) is 0 Å². The second kappa shape index (κ2) is 11.2. The number of likely N-dealkylation sites (tertiary alicyclic amines) is 1. The molecule has 34 heavy (non-hydrogen) atoms. The molecule has 6 nitrogen and oxygen atoms in total. The molecule has 1 aromatic heterocycles. The van der Waals surface area contributed by atoms with Crippen LogP contribution in [0.25, 0.3) is 0 Å². The molecule has 2 N–H and O–H groups in total. The number of nitrogens with zero attached hydrogens (tertiary/aromatic N) is 2. The van der Waals surface area contributed by atoms with Gasteiger partial charge in [-0.05, 0) is 67.5 Å². The van der Waals surface area contributed by atoms with Gasteiger partial charge in [0.05, 0.1) is 12.1 Å². The minimum absolute atomic E-state index is 0.242. The fourth-order valence-electron chi connectivity index (χ4n) is 4.15. The van der Waals surface area contributed by atoms with Gasteiger partial charge in [-0.3, -0.25) is 10.2 Å². The van der Waals surface area contributed by atoms with Crippen molar-refractivity contribution in [1.82, 2.24) is 9.88 Å². The van der Waals surface area contributed by atoms with Crippen LogP contribution in [0.15, 0.2) is 60.8 Å². The Morgan fingerprint density at radius 3 is 2.50 bits per heavy atom. The van der Waals surface area contributed by atoms with Crippen molar-refractivity contribution in [3.8, 4) is 5.75 Å². The van der Waals surface area contributed by atoms with Gasteiger partial charge in [0.15, 0.2) is 0 Å². The fourth-order valence-corrected chi connectivity index (χ4v) is 4.27. The SMILES string of the molecule is COc1ccc(CCc2ccc(C(=N)N3CCCCC3)cc2)c(C(=O)Nc2ccc(Cl)cn2)c1. The normalized spacial score (nSPS) is 13.4. The van der Waals surface area contributed by atoms with E-state index in [2.05, 4.69) is 27.3 Å². The van der Waals surface area contributed by atoms with Gasteiger partial charge in [-0.2, -0.15) is 0 Å².